The van der Waals surface area contributed by atoms with Crippen molar-refractivity contribution in [3.8, 4) is 11.1 Å². The molecule has 0 bridgehead atoms. The van der Waals surface area contributed by atoms with Crippen molar-refractivity contribution in [1.82, 2.24) is 0 Å². The van der Waals surface area contributed by atoms with Crippen LogP contribution in [0, 0.1) is 0 Å². The Morgan fingerprint density at radius 2 is 1.35 bits per heavy atom. The number of hydrogen-bond acceptors (Lipinski definition) is 1. The Hall–Kier alpha value is -1.21. The zero-order valence-corrected chi connectivity index (χ0v) is 13.4. The van der Waals surface area contributed by atoms with Crippen LogP contribution in [0.3, 0.4) is 0 Å². The van der Waals surface area contributed by atoms with E-state index in [1.807, 2.05) is 11.8 Å². The minimum Gasteiger partial charge on any atom is -0.126 e. The number of aryl methyl sites for hydroxylation is 1. The number of rotatable bonds is 7. The van der Waals surface area contributed by atoms with Crippen molar-refractivity contribution in [2.24, 2.45) is 0 Å². The van der Waals surface area contributed by atoms with Gasteiger partial charge in [0.1, 0.15) is 0 Å². The standard InChI is InChI=1S/C19H24S/c1-3-5-15-20-19-13-11-18(12-14-19)17-9-7-16(6-4-2)8-10-17/h7-14H,3-6,15H2,1-2H3. The minimum atomic E-state index is 1.17. The van der Waals surface area contributed by atoms with Crippen molar-refractivity contribution in [3.05, 3.63) is 54.1 Å². The number of thioether (sulfide) groups is 1. The molecule has 20 heavy (non-hydrogen) atoms. The highest BCUT2D eigenvalue weighted by molar-refractivity contribution is 7.99. The molecule has 1 heteroatoms. The Bertz CT molecular complexity index is 496. The summed E-state index contributed by atoms with van der Waals surface area (Å²) in [5.41, 5.74) is 4.06. The molecule has 0 aromatic heterocycles. The van der Waals surface area contributed by atoms with Crippen LogP contribution in [0.25, 0.3) is 11.1 Å². The van der Waals surface area contributed by atoms with E-state index in [0.717, 1.165) is 0 Å². The summed E-state index contributed by atoms with van der Waals surface area (Å²) >= 11 is 1.96. The van der Waals surface area contributed by atoms with Crippen molar-refractivity contribution >= 4 is 11.8 Å². The summed E-state index contributed by atoms with van der Waals surface area (Å²) in [6.45, 7) is 4.47. The molecule has 2 rings (SSSR count). The van der Waals surface area contributed by atoms with Gasteiger partial charge >= 0.3 is 0 Å². The summed E-state index contributed by atoms with van der Waals surface area (Å²) < 4.78 is 0. The second-order valence-electron chi connectivity index (χ2n) is 5.17. The molecule has 106 valence electrons. The first kappa shape index (κ1) is 15.2. The first-order valence-corrected chi connectivity index (χ1v) is 8.64. The second kappa shape index (κ2) is 8.16. The van der Waals surface area contributed by atoms with Crippen LogP contribution in [-0.2, 0) is 6.42 Å². The van der Waals surface area contributed by atoms with Crippen LogP contribution in [0.15, 0.2) is 53.4 Å². The van der Waals surface area contributed by atoms with Gasteiger partial charge < -0.3 is 0 Å². The zero-order chi connectivity index (χ0) is 14.2. The lowest BCUT2D eigenvalue weighted by Gasteiger charge is -2.06. The van der Waals surface area contributed by atoms with Crippen molar-refractivity contribution in [2.45, 2.75) is 44.4 Å². The number of hydrogen-bond donors (Lipinski definition) is 0. The average Bonchev–Trinajstić information content (AvgIpc) is 2.49. The molecule has 0 unspecified atom stereocenters. The van der Waals surface area contributed by atoms with E-state index in [1.54, 1.807) is 0 Å². The molecule has 0 N–H and O–H groups in total. The highest BCUT2D eigenvalue weighted by Crippen LogP contribution is 2.25. The molecule has 0 heterocycles. The zero-order valence-electron chi connectivity index (χ0n) is 12.6. The molecule has 0 aliphatic carbocycles. The van der Waals surface area contributed by atoms with E-state index in [0.29, 0.717) is 0 Å². The average molecular weight is 284 g/mol. The minimum absolute atomic E-state index is 1.17. The lowest BCUT2D eigenvalue weighted by atomic mass is 10.0. The summed E-state index contributed by atoms with van der Waals surface area (Å²) in [5.74, 6) is 1.22. The lowest BCUT2D eigenvalue weighted by molar-refractivity contribution is 0.896. The third-order valence-electron chi connectivity index (χ3n) is 3.45. The van der Waals surface area contributed by atoms with Gasteiger partial charge in [-0.25, -0.2) is 0 Å². The molecule has 0 fully saturated rings. The Morgan fingerprint density at radius 3 is 1.90 bits per heavy atom. The van der Waals surface area contributed by atoms with E-state index in [-0.39, 0.29) is 0 Å². The molecule has 0 aliphatic rings. The predicted molar refractivity (Wildman–Crippen MR) is 91.5 cm³/mol. The smallest absolute Gasteiger partial charge is 0.00723 e. The summed E-state index contributed by atoms with van der Waals surface area (Å²) in [6.07, 6.45) is 4.96. The molecular formula is C19H24S. The molecular weight excluding hydrogens is 260 g/mol. The van der Waals surface area contributed by atoms with Crippen molar-refractivity contribution in [1.29, 1.82) is 0 Å². The van der Waals surface area contributed by atoms with Crippen molar-refractivity contribution < 1.29 is 0 Å². The first-order valence-electron chi connectivity index (χ1n) is 7.65. The Kier molecular flexibility index (Phi) is 6.20. The lowest BCUT2D eigenvalue weighted by Crippen LogP contribution is -1.84. The van der Waals surface area contributed by atoms with Crippen LogP contribution in [-0.4, -0.2) is 5.75 Å². The Balaban J connectivity index is 2.01. The SMILES string of the molecule is CCCCSc1ccc(-c2ccc(CCC)cc2)cc1. The van der Waals surface area contributed by atoms with Gasteiger partial charge in [-0.3, -0.25) is 0 Å². The van der Waals surface area contributed by atoms with Crippen LogP contribution in [0.5, 0.6) is 0 Å². The topological polar surface area (TPSA) is 0 Å². The predicted octanol–water partition coefficient (Wildman–Crippen LogP) is 6.20. The fourth-order valence-electron chi connectivity index (χ4n) is 2.23. The summed E-state index contributed by atoms with van der Waals surface area (Å²) in [4.78, 5) is 1.38. The molecule has 0 saturated heterocycles. The van der Waals surface area contributed by atoms with E-state index < -0.39 is 0 Å². The molecule has 0 amide bonds. The molecule has 0 aliphatic heterocycles. The van der Waals surface area contributed by atoms with E-state index in [2.05, 4.69) is 62.4 Å². The monoisotopic (exact) mass is 284 g/mol. The maximum absolute atomic E-state index is 2.25. The molecule has 0 atom stereocenters. The molecule has 0 saturated carbocycles. The molecule has 0 nitrogen and oxygen atoms in total. The quantitative estimate of drug-likeness (QED) is 0.431. The molecule has 2 aromatic rings. The van der Waals surface area contributed by atoms with Crippen molar-refractivity contribution in [2.75, 3.05) is 5.75 Å². The highest BCUT2D eigenvalue weighted by atomic mass is 32.2. The molecule has 0 spiro atoms. The fourth-order valence-corrected chi connectivity index (χ4v) is 3.23. The van der Waals surface area contributed by atoms with E-state index in [4.69, 9.17) is 0 Å². The highest BCUT2D eigenvalue weighted by Gasteiger charge is 1.99. The van der Waals surface area contributed by atoms with E-state index in [1.165, 1.54) is 53.0 Å². The maximum atomic E-state index is 2.25. The number of unbranched alkanes of at least 4 members (excludes halogenated alkanes) is 1. The van der Waals surface area contributed by atoms with Gasteiger partial charge in [0.2, 0.25) is 0 Å². The summed E-state index contributed by atoms with van der Waals surface area (Å²) in [7, 11) is 0. The number of benzene rings is 2. The van der Waals surface area contributed by atoms with Gasteiger partial charge in [0, 0.05) is 4.90 Å². The van der Waals surface area contributed by atoms with Crippen LogP contribution < -0.4 is 0 Å². The van der Waals surface area contributed by atoms with Gasteiger partial charge in [-0.2, -0.15) is 0 Å². The van der Waals surface area contributed by atoms with Crippen molar-refractivity contribution in [3.63, 3.8) is 0 Å². The summed E-state index contributed by atoms with van der Waals surface area (Å²) in [5, 5.41) is 0. The van der Waals surface area contributed by atoms with E-state index in [9.17, 15) is 0 Å². The van der Waals surface area contributed by atoms with Gasteiger partial charge in [-0.15, -0.1) is 11.8 Å². The normalized spacial score (nSPS) is 10.7. The van der Waals surface area contributed by atoms with Crippen LogP contribution in [0.1, 0.15) is 38.7 Å². The van der Waals surface area contributed by atoms with Crippen LogP contribution in [0.2, 0.25) is 0 Å². The molecule has 0 radical (unpaired) electrons. The largest absolute Gasteiger partial charge is 0.126 e. The molecule has 2 aromatic carbocycles. The third kappa shape index (κ3) is 4.42. The summed E-state index contributed by atoms with van der Waals surface area (Å²) in [6, 6.07) is 18.0. The third-order valence-corrected chi connectivity index (χ3v) is 4.55. The van der Waals surface area contributed by atoms with Gasteiger partial charge in [0.15, 0.2) is 0 Å². The second-order valence-corrected chi connectivity index (χ2v) is 6.34. The Morgan fingerprint density at radius 1 is 0.750 bits per heavy atom. The fraction of sp³-hybridized carbons (Fsp3) is 0.368. The van der Waals surface area contributed by atoms with E-state index >= 15 is 0 Å². The van der Waals surface area contributed by atoms with Crippen LogP contribution >= 0.6 is 11.8 Å². The van der Waals surface area contributed by atoms with Gasteiger partial charge in [0.05, 0.1) is 0 Å². The van der Waals surface area contributed by atoms with Crippen LogP contribution in [0.4, 0.5) is 0 Å². The van der Waals surface area contributed by atoms with Gasteiger partial charge in [-0.1, -0.05) is 63.1 Å². The maximum Gasteiger partial charge on any atom is 0.00723 e. The Labute approximate surface area is 127 Å². The van der Waals surface area contributed by atoms with Gasteiger partial charge in [-0.05, 0) is 47.4 Å². The first-order chi connectivity index (χ1) is 9.83. The van der Waals surface area contributed by atoms with Gasteiger partial charge in [0.25, 0.3) is 0 Å².